The molecule has 0 unspecified atom stereocenters. The van der Waals surface area contributed by atoms with Gasteiger partial charge in [-0.05, 0) is 12.1 Å². The Morgan fingerprint density at radius 3 is 2.87 bits per heavy atom. The van der Waals surface area contributed by atoms with E-state index in [0.717, 1.165) is 0 Å². The predicted molar refractivity (Wildman–Crippen MR) is 78.8 cm³/mol. The first kappa shape index (κ1) is 16.9. The van der Waals surface area contributed by atoms with Crippen LogP contribution in [-0.2, 0) is 11.3 Å². The van der Waals surface area contributed by atoms with Crippen LogP contribution in [0.4, 0.5) is 13.2 Å². The zero-order chi connectivity index (χ0) is 16.7. The van der Waals surface area contributed by atoms with Gasteiger partial charge in [-0.15, -0.1) is 11.3 Å². The maximum atomic E-state index is 12.2. The van der Waals surface area contributed by atoms with E-state index in [9.17, 15) is 18.0 Å². The van der Waals surface area contributed by atoms with Crippen LogP contribution in [-0.4, -0.2) is 28.7 Å². The van der Waals surface area contributed by atoms with Crippen molar-refractivity contribution < 1.29 is 22.7 Å². The molecule has 0 aliphatic rings. The summed E-state index contributed by atoms with van der Waals surface area (Å²) in [7, 11) is 0. The maximum Gasteiger partial charge on any atom is 0.422 e. The number of alkyl halides is 3. The lowest BCUT2D eigenvalue weighted by Crippen LogP contribution is -2.23. The molecule has 2 rings (SSSR count). The summed E-state index contributed by atoms with van der Waals surface area (Å²) in [5.41, 5.74) is 0.354. The Labute approximate surface area is 133 Å². The minimum absolute atomic E-state index is 0.00206. The number of nitrogens with one attached hydrogen (secondary N) is 1. The number of carbonyl (C=O) groups is 1. The molecule has 0 fully saturated rings. The number of thiazole rings is 1. The van der Waals surface area contributed by atoms with Crippen molar-refractivity contribution in [3.63, 3.8) is 0 Å². The summed E-state index contributed by atoms with van der Waals surface area (Å²) in [4.78, 5) is 19.4. The van der Waals surface area contributed by atoms with Crippen LogP contribution in [0.2, 0.25) is 0 Å². The standard InChI is InChI=1S/C14H12F3N3O2S/c15-14(16,17)9-22-13-10(2-1-5-19-13)8-20-11(21)3-4-12-18-6-7-23-12/h1-7H,8-9H2,(H,20,21)/b4-3+. The highest BCUT2D eigenvalue weighted by Gasteiger charge is 2.29. The third kappa shape index (κ3) is 6.07. The molecule has 0 aliphatic heterocycles. The van der Waals surface area contributed by atoms with E-state index in [1.165, 1.54) is 29.7 Å². The minimum Gasteiger partial charge on any atom is -0.468 e. The number of carbonyl (C=O) groups excluding carboxylic acids is 1. The van der Waals surface area contributed by atoms with Crippen LogP contribution in [0, 0.1) is 0 Å². The molecule has 0 spiro atoms. The molecular formula is C14H12F3N3O2S. The minimum atomic E-state index is -4.45. The van der Waals surface area contributed by atoms with Crippen LogP contribution in [0.3, 0.4) is 0 Å². The van der Waals surface area contributed by atoms with Gasteiger partial charge in [0.2, 0.25) is 11.8 Å². The number of pyridine rings is 1. The highest BCUT2D eigenvalue weighted by Crippen LogP contribution is 2.19. The molecule has 0 atom stereocenters. The van der Waals surface area contributed by atoms with E-state index in [1.54, 1.807) is 23.7 Å². The zero-order valence-electron chi connectivity index (χ0n) is 11.7. The molecule has 0 aliphatic carbocycles. The van der Waals surface area contributed by atoms with Crippen LogP contribution in [0.5, 0.6) is 5.88 Å². The summed E-state index contributed by atoms with van der Waals surface area (Å²) in [5, 5.41) is 5.00. The van der Waals surface area contributed by atoms with Gasteiger partial charge in [0.15, 0.2) is 6.61 Å². The zero-order valence-corrected chi connectivity index (χ0v) is 12.5. The third-order valence-electron chi connectivity index (χ3n) is 2.50. The predicted octanol–water partition coefficient (Wildman–Crippen LogP) is 2.81. The number of hydrogen-bond acceptors (Lipinski definition) is 5. The van der Waals surface area contributed by atoms with Crippen molar-refractivity contribution >= 4 is 23.3 Å². The first-order chi connectivity index (χ1) is 10.9. The van der Waals surface area contributed by atoms with E-state index in [-0.39, 0.29) is 12.4 Å². The fourth-order valence-electron chi connectivity index (χ4n) is 1.54. The van der Waals surface area contributed by atoms with Crippen molar-refractivity contribution in [1.29, 1.82) is 0 Å². The van der Waals surface area contributed by atoms with Gasteiger partial charge in [-0.25, -0.2) is 9.97 Å². The molecule has 2 aromatic heterocycles. The van der Waals surface area contributed by atoms with Crippen molar-refractivity contribution in [2.75, 3.05) is 6.61 Å². The molecule has 0 bridgehead atoms. The van der Waals surface area contributed by atoms with Gasteiger partial charge in [-0.2, -0.15) is 13.2 Å². The van der Waals surface area contributed by atoms with E-state index >= 15 is 0 Å². The SMILES string of the molecule is O=C(/C=C/c1nccs1)NCc1cccnc1OCC(F)(F)F. The quantitative estimate of drug-likeness (QED) is 0.819. The second-order valence-electron chi connectivity index (χ2n) is 4.29. The highest BCUT2D eigenvalue weighted by molar-refractivity contribution is 7.10. The highest BCUT2D eigenvalue weighted by atomic mass is 32.1. The van der Waals surface area contributed by atoms with Crippen LogP contribution in [0.1, 0.15) is 10.6 Å². The molecule has 122 valence electrons. The summed E-state index contributed by atoms with van der Waals surface area (Å²) >= 11 is 1.38. The van der Waals surface area contributed by atoms with E-state index in [2.05, 4.69) is 20.0 Å². The molecule has 2 heterocycles. The molecule has 23 heavy (non-hydrogen) atoms. The fourth-order valence-corrected chi connectivity index (χ4v) is 2.07. The van der Waals surface area contributed by atoms with Crippen molar-refractivity contribution in [2.24, 2.45) is 0 Å². The Morgan fingerprint density at radius 1 is 1.35 bits per heavy atom. The monoisotopic (exact) mass is 343 g/mol. The Kier molecular flexibility index (Phi) is 5.69. The Morgan fingerprint density at radius 2 is 2.17 bits per heavy atom. The molecular weight excluding hydrogens is 331 g/mol. The molecule has 9 heteroatoms. The van der Waals surface area contributed by atoms with Crippen LogP contribution >= 0.6 is 11.3 Å². The maximum absolute atomic E-state index is 12.2. The molecule has 0 radical (unpaired) electrons. The van der Waals surface area contributed by atoms with Gasteiger partial charge in [0.1, 0.15) is 5.01 Å². The summed E-state index contributed by atoms with van der Waals surface area (Å²) in [6, 6.07) is 3.08. The molecule has 0 saturated heterocycles. The van der Waals surface area contributed by atoms with Gasteiger partial charge in [-0.3, -0.25) is 4.79 Å². The smallest absolute Gasteiger partial charge is 0.422 e. The lowest BCUT2D eigenvalue weighted by molar-refractivity contribution is -0.154. The van der Waals surface area contributed by atoms with Crippen molar-refractivity contribution in [3.05, 3.63) is 46.6 Å². The van der Waals surface area contributed by atoms with Gasteiger partial charge < -0.3 is 10.1 Å². The van der Waals surface area contributed by atoms with Crippen LogP contribution < -0.4 is 10.1 Å². The van der Waals surface area contributed by atoms with Crippen molar-refractivity contribution in [2.45, 2.75) is 12.7 Å². The number of halogens is 3. The summed E-state index contributed by atoms with van der Waals surface area (Å²) < 4.78 is 41.2. The number of hydrogen-bond donors (Lipinski definition) is 1. The lowest BCUT2D eigenvalue weighted by atomic mass is 10.2. The second kappa shape index (κ2) is 7.73. The summed E-state index contributed by atoms with van der Waals surface area (Å²) in [6.07, 6.45) is 1.33. The average molecular weight is 343 g/mol. The van der Waals surface area contributed by atoms with Crippen LogP contribution in [0.25, 0.3) is 6.08 Å². The number of ether oxygens (including phenoxy) is 1. The lowest BCUT2D eigenvalue weighted by Gasteiger charge is -2.12. The molecule has 1 N–H and O–H groups in total. The summed E-state index contributed by atoms with van der Waals surface area (Å²) in [5.74, 6) is -0.556. The van der Waals surface area contributed by atoms with Gasteiger partial charge in [-0.1, -0.05) is 6.07 Å². The van der Waals surface area contributed by atoms with E-state index in [4.69, 9.17) is 0 Å². The van der Waals surface area contributed by atoms with Gasteiger partial charge in [0, 0.05) is 36.0 Å². The fraction of sp³-hybridized carbons (Fsp3) is 0.214. The normalized spacial score (nSPS) is 11.6. The van der Waals surface area contributed by atoms with Gasteiger partial charge >= 0.3 is 6.18 Å². The topological polar surface area (TPSA) is 64.1 Å². The number of nitrogens with zero attached hydrogens (tertiary/aromatic N) is 2. The first-order valence-corrected chi connectivity index (χ1v) is 7.31. The molecule has 1 amide bonds. The first-order valence-electron chi connectivity index (χ1n) is 6.43. The third-order valence-corrected chi connectivity index (χ3v) is 3.25. The number of amides is 1. The molecule has 0 saturated carbocycles. The largest absolute Gasteiger partial charge is 0.468 e. The van der Waals surface area contributed by atoms with Gasteiger partial charge in [0.25, 0.3) is 0 Å². The van der Waals surface area contributed by atoms with Crippen LogP contribution in [0.15, 0.2) is 36.0 Å². The second-order valence-corrected chi connectivity index (χ2v) is 5.22. The Bertz CT molecular complexity index is 672. The summed E-state index contributed by atoms with van der Waals surface area (Å²) in [6.45, 7) is -1.43. The molecule has 0 aromatic carbocycles. The Balaban J connectivity index is 1.91. The molecule has 2 aromatic rings. The van der Waals surface area contributed by atoms with Gasteiger partial charge in [0.05, 0.1) is 0 Å². The van der Waals surface area contributed by atoms with Crippen molar-refractivity contribution in [3.8, 4) is 5.88 Å². The van der Waals surface area contributed by atoms with E-state index < -0.39 is 18.7 Å². The molecule has 5 nitrogen and oxygen atoms in total. The van der Waals surface area contributed by atoms with E-state index in [1.807, 2.05) is 0 Å². The van der Waals surface area contributed by atoms with E-state index in [0.29, 0.717) is 10.6 Å². The number of rotatable bonds is 6. The average Bonchev–Trinajstić information content (AvgIpc) is 3.02. The Hall–Kier alpha value is -2.42. The van der Waals surface area contributed by atoms with Crippen molar-refractivity contribution in [1.82, 2.24) is 15.3 Å². The number of aromatic nitrogens is 2.